The van der Waals surface area contributed by atoms with Gasteiger partial charge in [-0.15, -0.1) is 0 Å². The summed E-state index contributed by atoms with van der Waals surface area (Å²) in [5.74, 6) is 0.924. The lowest BCUT2D eigenvalue weighted by atomic mass is 10.1. The number of ether oxygens (including phenoxy) is 2. The number of phenols is 2. The molecule has 0 saturated carbocycles. The van der Waals surface area contributed by atoms with E-state index in [0.29, 0.717) is 5.56 Å². The molecule has 3 aromatic carbocycles. The summed E-state index contributed by atoms with van der Waals surface area (Å²) in [6, 6.07) is 20.7. The smallest absolute Gasteiger partial charge is 0.338 e. The van der Waals surface area contributed by atoms with Crippen molar-refractivity contribution in [3.63, 3.8) is 0 Å². The molecule has 0 bridgehead atoms. The fourth-order valence-electron chi connectivity index (χ4n) is 2.59. The summed E-state index contributed by atoms with van der Waals surface area (Å²) in [4.78, 5) is 11.6. The molecule has 6 nitrogen and oxygen atoms in total. The Hall–Kier alpha value is -3.45. The van der Waals surface area contributed by atoms with Crippen molar-refractivity contribution in [3.8, 4) is 17.2 Å². The number of carbonyl (C=O) groups excluding carboxylic acids is 1. The lowest BCUT2D eigenvalue weighted by molar-refractivity contribution is 0.00695. The third-order valence-corrected chi connectivity index (χ3v) is 4.90. The molecule has 1 heterocycles. The quantitative estimate of drug-likeness (QED) is 0.168. The number of furan rings is 1. The van der Waals surface area contributed by atoms with Gasteiger partial charge >= 0.3 is 5.97 Å². The van der Waals surface area contributed by atoms with Gasteiger partial charge in [0, 0.05) is 10.7 Å². The summed E-state index contributed by atoms with van der Waals surface area (Å²) in [5.41, 5.74) is 2.19. The predicted octanol–water partition coefficient (Wildman–Crippen LogP) is 7.08. The summed E-state index contributed by atoms with van der Waals surface area (Å²) >= 11 is 3.35. The molecule has 0 unspecified atom stereocenters. The standard InChI is InChI=1S/C12H15BrO2.C9H8O2.C6H6O2/c1-12(2,3)15-11(14)10-6-4-9(8-13)5-7-10;1-10-8-2-3-9-7(6-8)4-5-11-9;7-5-1-2-6(8)4-3-5/h4-7H,8H2,1-3H3;2-6H,1H3;1-4,7-8H. The van der Waals surface area contributed by atoms with E-state index in [9.17, 15) is 4.79 Å². The van der Waals surface area contributed by atoms with Crippen molar-refractivity contribution >= 4 is 32.9 Å². The molecule has 34 heavy (non-hydrogen) atoms. The van der Waals surface area contributed by atoms with Gasteiger partial charge in [0.2, 0.25) is 0 Å². The molecule has 0 aliphatic heterocycles. The van der Waals surface area contributed by atoms with Gasteiger partial charge in [0.25, 0.3) is 0 Å². The lowest BCUT2D eigenvalue weighted by Crippen LogP contribution is -2.23. The number of methoxy groups -OCH3 is 1. The number of phenolic OH excluding ortho intramolecular Hbond substituents is 2. The molecule has 4 rings (SSSR count). The molecule has 180 valence electrons. The summed E-state index contributed by atoms with van der Waals surface area (Å²) in [6.45, 7) is 5.58. The minimum absolute atomic E-state index is 0.169. The molecule has 0 radical (unpaired) electrons. The topological polar surface area (TPSA) is 89.1 Å². The van der Waals surface area contributed by atoms with Crippen LogP contribution in [-0.4, -0.2) is 28.9 Å². The third kappa shape index (κ3) is 9.19. The van der Waals surface area contributed by atoms with Crippen molar-refractivity contribution in [2.45, 2.75) is 31.7 Å². The van der Waals surface area contributed by atoms with E-state index in [1.54, 1.807) is 25.5 Å². The van der Waals surface area contributed by atoms with Gasteiger partial charge in [0.05, 0.1) is 18.9 Å². The van der Waals surface area contributed by atoms with E-state index in [-0.39, 0.29) is 17.5 Å². The minimum Gasteiger partial charge on any atom is -0.508 e. The minimum atomic E-state index is -0.439. The first-order chi connectivity index (χ1) is 16.1. The van der Waals surface area contributed by atoms with Crippen LogP contribution < -0.4 is 4.74 Å². The van der Waals surface area contributed by atoms with Crippen LogP contribution in [0.3, 0.4) is 0 Å². The molecule has 0 aliphatic rings. The molecule has 0 atom stereocenters. The molecular weight excluding hydrogens is 500 g/mol. The second kappa shape index (κ2) is 12.7. The highest BCUT2D eigenvalue weighted by atomic mass is 79.9. The third-order valence-electron chi connectivity index (χ3n) is 4.25. The van der Waals surface area contributed by atoms with Gasteiger partial charge < -0.3 is 24.1 Å². The van der Waals surface area contributed by atoms with Gasteiger partial charge in [-0.1, -0.05) is 28.1 Å². The largest absolute Gasteiger partial charge is 0.508 e. The van der Waals surface area contributed by atoms with Crippen LogP contribution in [0, 0.1) is 0 Å². The van der Waals surface area contributed by atoms with E-state index in [2.05, 4.69) is 15.9 Å². The second-order valence-electron chi connectivity index (χ2n) is 8.17. The van der Waals surface area contributed by atoms with Gasteiger partial charge in [0.1, 0.15) is 28.4 Å². The van der Waals surface area contributed by atoms with Crippen LogP contribution in [0.5, 0.6) is 17.2 Å². The molecule has 7 heteroatoms. The predicted molar refractivity (Wildman–Crippen MR) is 137 cm³/mol. The fraction of sp³-hybridized carbons (Fsp3) is 0.222. The number of rotatable bonds is 3. The monoisotopic (exact) mass is 528 g/mol. The van der Waals surface area contributed by atoms with Crippen molar-refractivity contribution in [2.75, 3.05) is 7.11 Å². The molecule has 0 saturated heterocycles. The number of aromatic hydroxyl groups is 2. The number of hydrogen-bond donors (Lipinski definition) is 2. The van der Waals surface area contributed by atoms with Crippen LogP contribution in [0.4, 0.5) is 0 Å². The van der Waals surface area contributed by atoms with E-state index in [1.165, 1.54) is 24.3 Å². The zero-order valence-electron chi connectivity index (χ0n) is 19.6. The summed E-state index contributed by atoms with van der Waals surface area (Å²) in [6.07, 6.45) is 1.67. The summed E-state index contributed by atoms with van der Waals surface area (Å²) < 4.78 is 15.5. The molecule has 0 fully saturated rings. The van der Waals surface area contributed by atoms with E-state index >= 15 is 0 Å². The first kappa shape index (κ1) is 26.8. The number of hydrogen-bond acceptors (Lipinski definition) is 6. The zero-order chi connectivity index (χ0) is 25.1. The highest BCUT2D eigenvalue weighted by molar-refractivity contribution is 9.08. The van der Waals surface area contributed by atoms with E-state index in [4.69, 9.17) is 24.1 Å². The van der Waals surface area contributed by atoms with Crippen molar-refractivity contribution in [1.82, 2.24) is 0 Å². The maximum absolute atomic E-state index is 11.6. The molecule has 1 aromatic heterocycles. The number of fused-ring (bicyclic) bond motifs is 1. The normalized spacial score (nSPS) is 10.4. The SMILES string of the molecule is CC(C)(C)OC(=O)c1ccc(CBr)cc1.COc1ccc2occc2c1.Oc1ccc(O)cc1. The maximum atomic E-state index is 11.6. The number of carbonyl (C=O) groups is 1. The Morgan fingerprint density at radius 3 is 2.00 bits per heavy atom. The van der Waals surface area contributed by atoms with E-state index < -0.39 is 5.60 Å². The highest BCUT2D eigenvalue weighted by Crippen LogP contribution is 2.21. The Morgan fingerprint density at radius 1 is 0.912 bits per heavy atom. The number of esters is 1. The van der Waals surface area contributed by atoms with Crippen LogP contribution in [0.2, 0.25) is 0 Å². The second-order valence-corrected chi connectivity index (χ2v) is 8.73. The van der Waals surface area contributed by atoms with Gasteiger partial charge in [-0.25, -0.2) is 4.79 Å². The Kier molecular flexibility index (Phi) is 10.0. The van der Waals surface area contributed by atoms with Crippen molar-refractivity contribution < 1.29 is 28.9 Å². The lowest BCUT2D eigenvalue weighted by Gasteiger charge is -2.19. The van der Waals surface area contributed by atoms with E-state index in [0.717, 1.165) is 27.6 Å². The molecule has 2 N–H and O–H groups in total. The van der Waals surface area contributed by atoms with Crippen molar-refractivity contribution in [2.24, 2.45) is 0 Å². The Balaban J connectivity index is 0.000000189. The molecule has 0 aliphatic carbocycles. The molecule has 4 aromatic rings. The van der Waals surface area contributed by atoms with Gasteiger partial charge in [-0.05, 0) is 87.0 Å². The average molecular weight is 529 g/mol. The average Bonchev–Trinajstić information content (AvgIpc) is 3.28. The number of halogens is 1. The zero-order valence-corrected chi connectivity index (χ0v) is 21.2. The van der Waals surface area contributed by atoms with Gasteiger partial charge in [-0.2, -0.15) is 0 Å². The number of alkyl halides is 1. The highest BCUT2D eigenvalue weighted by Gasteiger charge is 2.17. The first-order valence-corrected chi connectivity index (χ1v) is 11.6. The first-order valence-electron chi connectivity index (χ1n) is 10.5. The van der Waals surface area contributed by atoms with Gasteiger partial charge in [-0.3, -0.25) is 0 Å². The van der Waals surface area contributed by atoms with Crippen LogP contribution in [0.25, 0.3) is 11.0 Å². The van der Waals surface area contributed by atoms with Crippen LogP contribution in [0.15, 0.2) is 83.5 Å². The van der Waals surface area contributed by atoms with Crippen LogP contribution >= 0.6 is 15.9 Å². The summed E-state index contributed by atoms with van der Waals surface area (Å²) in [7, 11) is 1.65. The van der Waals surface area contributed by atoms with Gasteiger partial charge in [0.15, 0.2) is 0 Å². The number of benzene rings is 3. The Morgan fingerprint density at radius 2 is 1.50 bits per heavy atom. The molecular formula is C27H29BrO6. The van der Waals surface area contributed by atoms with Crippen LogP contribution in [0.1, 0.15) is 36.7 Å². The van der Waals surface area contributed by atoms with Crippen LogP contribution in [-0.2, 0) is 10.1 Å². The summed E-state index contributed by atoms with van der Waals surface area (Å²) in [5, 5.41) is 19.2. The maximum Gasteiger partial charge on any atom is 0.338 e. The van der Waals surface area contributed by atoms with Crippen molar-refractivity contribution in [3.05, 3.63) is 90.2 Å². The molecule has 0 spiro atoms. The molecule has 0 amide bonds. The Labute approximate surface area is 207 Å². The van der Waals surface area contributed by atoms with Crippen molar-refractivity contribution in [1.29, 1.82) is 0 Å². The van der Waals surface area contributed by atoms with E-state index in [1.807, 2.05) is 57.2 Å². The fourth-order valence-corrected chi connectivity index (χ4v) is 2.97. The Bertz CT molecular complexity index is 1140.